The van der Waals surface area contributed by atoms with E-state index in [-0.39, 0.29) is 0 Å². The highest BCUT2D eigenvalue weighted by molar-refractivity contribution is 5.74. The summed E-state index contributed by atoms with van der Waals surface area (Å²) in [7, 11) is 0. The van der Waals surface area contributed by atoms with E-state index in [4.69, 9.17) is 5.73 Å². The van der Waals surface area contributed by atoms with E-state index in [1.165, 1.54) is 16.8 Å². The topological polar surface area (TPSA) is 96.8 Å². The number of aromatic nitrogens is 3. The quantitative estimate of drug-likeness (QED) is 0.716. The minimum absolute atomic E-state index is 0.416. The van der Waals surface area contributed by atoms with E-state index in [1.807, 2.05) is 24.3 Å². The molecule has 7 heteroatoms. The van der Waals surface area contributed by atoms with Crippen LogP contribution in [-0.4, -0.2) is 37.2 Å². The molecule has 3 aromatic rings. The number of benzene rings is 1. The molecule has 0 spiro atoms. The summed E-state index contributed by atoms with van der Waals surface area (Å²) in [4.78, 5) is 16.6. The van der Waals surface area contributed by atoms with Crippen LogP contribution in [0, 0.1) is 0 Å². The molecule has 23 heavy (non-hydrogen) atoms. The molecule has 0 aliphatic carbocycles. The normalized spacial score (nSPS) is 14.0. The number of hydrogen-bond donors (Lipinski definition) is 2. The number of hydrogen-bond acceptors (Lipinski definition) is 4. The van der Waals surface area contributed by atoms with E-state index in [2.05, 4.69) is 16.1 Å². The number of fused-ring (bicyclic) bond motifs is 2. The van der Waals surface area contributed by atoms with Crippen LogP contribution in [-0.2, 0) is 13.0 Å². The highest BCUT2D eigenvalue weighted by atomic mass is 16.4. The van der Waals surface area contributed by atoms with Gasteiger partial charge in [0.05, 0.1) is 5.69 Å². The van der Waals surface area contributed by atoms with Crippen LogP contribution in [0.1, 0.15) is 11.1 Å². The fourth-order valence-corrected chi connectivity index (χ4v) is 3.05. The monoisotopic (exact) mass is 309 g/mol. The van der Waals surface area contributed by atoms with Crippen molar-refractivity contribution in [3.05, 3.63) is 47.8 Å². The van der Waals surface area contributed by atoms with Gasteiger partial charge in [-0.3, -0.25) is 0 Å². The number of amides is 1. The summed E-state index contributed by atoms with van der Waals surface area (Å²) in [6.45, 7) is 0.957. The predicted octanol–water partition coefficient (Wildman–Crippen LogP) is 2.01. The second-order valence-corrected chi connectivity index (χ2v) is 5.60. The number of nitrogen functional groups attached to an aromatic ring is 1. The van der Waals surface area contributed by atoms with Gasteiger partial charge in [-0.2, -0.15) is 5.10 Å². The van der Waals surface area contributed by atoms with Crippen LogP contribution in [0.2, 0.25) is 0 Å². The molecule has 3 N–H and O–H groups in total. The standard InChI is InChI=1S/C16H15N5O2/c17-15-14-4-3-13(21(14)19-9-18-15)11-2-1-10-5-6-20(16(22)23)8-12(10)7-11/h1-4,7,9H,5-6,8H2,(H,22,23)(H2,17,18,19). The van der Waals surface area contributed by atoms with Gasteiger partial charge >= 0.3 is 6.09 Å². The second-order valence-electron chi connectivity index (χ2n) is 5.60. The number of carboxylic acid groups (broad SMARTS) is 1. The Balaban J connectivity index is 1.79. The lowest BCUT2D eigenvalue weighted by atomic mass is 9.96. The Morgan fingerprint density at radius 3 is 2.91 bits per heavy atom. The van der Waals surface area contributed by atoms with Gasteiger partial charge in [-0.25, -0.2) is 14.3 Å². The molecule has 116 valence electrons. The summed E-state index contributed by atoms with van der Waals surface area (Å²) in [6, 6.07) is 9.96. The zero-order valence-electron chi connectivity index (χ0n) is 12.3. The third kappa shape index (κ3) is 2.17. The number of rotatable bonds is 1. The molecule has 7 nitrogen and oxygen atoms in total. The Kier molecular flexibility index (Phi) is 2.94. The lowest BCUT2D eigenvalue weighted by molar-refractivity contribution is 0.140. The Morgan fingerprint density at radius 2 is 2.09 bits per heavy atom. The van der Waals surface area contributed by atoms with E-state index < -0.39 is 6.09 Å². The number of nitrogens with zero attached hydrogens (tertiary/aromatic N) is 4. The van der Waals surface area contributed by atoms with Crippen molar-refractivity contribution in [3.8, 4) is 11.3 Å². The molecule has 0 atom stereocenters. The van der Waals surface area contributed by atoms with Gasteiger partial charge in [0, 0.05) is 18.7 Å². The van der Waals surface area contributed by atoms with Crippen molar-refractivity contribution in [2.75, 3.05) is 12.3 Å². The van der Waals surface area contributed by atoms with E-state index in [0.29, 0.717) is 18.9 Å². The Labute approximate surface area is 132 Å². The number of carbonyl (C=O) groups is 1. The SMILES string of the molecule is Nc1ncnn2c(-c3ccc4c(c3)CN(C(=O)O)CC4)ccc12. The maximum Gasteiger partial charge on any atom is 0.407 e. The molecule has 3 heterocycles. The van der Waals surface area contributed by atoms with Crippen LogP contribution in [0.4, 0.5) is 10.6 Å². The third-order valence-electron chi connectivity index (χ3n) is 4.27. The molecular weight excluding hydrogens is 294 g/mol. The Morgan fingerprint density at radius 1 is 1.22 bits per heavy atom. The molecule has 1 aliphatic rings. The molecule has 0 unspecified atom stereocenters. The fraction of sp³-hybridized carbons (Fsp3) is 0.188. The molecular formula is C16H15N5O2. The van der Waals surface area contributed by atoms with Crippen LogP contribution in [0.15, 0.2) is 36.7 Å². The van der Waals surface area contributed by atoms with Gasteiger partial charge in [0.15, 0.2) is 5.82 Å². The van der Waals surface area contributed by atoms with Crippen molar-refractivity contribution in [3.63, 3.8) is 0 Å². The molecule has 0 fully saturated rings. The van der Waals surface area contributed by atoms with Crippen LogP contribution in [0.25, 0.3) is 16.8 Å². The van der Waals surface area contributed by atoms with Gasteiger partial charge in [0.1, 0.15) is 11.8 Å². The molecule has 1 amide bonds. The average Bonchev–Trinajstić information content (AvgIpc) is 2.99. The minimum Gasteiger partial charge on any atom is -0.465 e. The highest BCUT2D eigenvalue weighted by Crippen LogP contribution is 2.28. The minimum atomic E-state index is -0.880. The summed E-state index contributed by atoms with van der Waals surface area (Å²) in [5, 5.41) is 13.4. The smallest absolute Gasteiger partial charge is 0.407 e. The van der Waals surface area contributed by atoms with Crippen molar-refractivity contribution in [2.45, 2.75) is 13.0 Å². The summed E-state index contributed by atoms with van der Waals surface area (Å²) in [5.41, 5.74) is 10.7. The van der Waals surface area contributed by atoms with Gasteiger partial charge in [-0.05, 0) is 35.7 Å². The van der Waals surface area contributed by atoms with Crippen LogP contribution < -0.4 is 5.73 Å². The third-order valence-corrected chi connectivity index (χ3v) is 4.27. The largest absolute Gasteiger partial charge is 0.465 e. The van der Waals surface area contributed by atoms with Crippen molar-refractivity contribution in [1.82, 2.24) is 19.5 Å². The highest BCUT2D eigenvalue weighted by Gasteiger charge is 2.20. The first-order valence-electron chi connectivity index (χ1n) is 7.32. The van der Waals surface area contributed by atoms with Crippen LogP contribution in [0.3, 0.4) is 0 Å². The van der Waals surface area contributed by atoms with Gasteiger partial charge in [0.2, 0.25) is 0 Å². The molecule has 2 aromatic heterocycles. The molecule has 0 bridgehead atoms. The van der Waals surface area contributed by atoms with Crippen molar-refractivity contribution in [1.29, 1.82) is 0 Å². The maximum atomic E-state index is 11.2. The zero-order valence-corrected chi connectivity index (χ0v) is 12.3. The predicted molar refractivity (Wildman–Crippen MR) is 85.0 cm³/mol. The first-order valence-corrected chi connectivity index (χ1v) is 7.32. The first kappa shape index (κ1) is 13.6. The zero-order chi connectivity index (χ0) is 16.0. The summed E-state index contributed by atoms with van der Waals surface area (Å²) in [5.74, 6) is 0.432. The van der Waals surface area contributed by atoms with Gasteiger partial charge in [0.25, 0.3) is 0 Å². The van der Waals surface area contributed by atoms with E-state index >= 15 is 0 Å². The molecule has 4 rings (SSSR count). The molecule has 1 aromatic carbocycles. The molecule has 0 saturated carbocycles. The Hall–Kier alpha value is -3.09. The molecule has 0 radical (unpaired) electrons. The van der Waals surface area contributed by atoms with E-state index in [9.17, 15) is 9.90 Å². The van der Waals surface area contributed by atoms with Crippen LogP contribution >= 0.6 is 0 Å². The lowest BCUT2D eigenvalue weighted by Crippen LogP contribution is -2.34. The van der Waals surface area contributed by atoms with E-state index in [1.54, 1.807) is 4.52 Å². The fourth-order valence-electron chi connectivity index (χ4n) is 3.05. The van der Waals surface area contributed by atoms with Crippen LogP contribution in [0.5, 0.6) is 0 Å². The molecule has 0 saturated heterocycles. The van der Waals surface area contributed by atoms with Gasteiger partial charge in [-0.1, -0.05) is 12.1 Å². The van der Waals surface area contributed by atoms with Gasteiger partial charge in [-0.15, -0.1) is 0 Å². The number of anilines is 1. The van der Waals surface area contributed by atoms with Crippen molar-refractivity contribution in [2.24, 2.45) is 0 Å². The second kappa shape index (κ2) is 4.98. The summed E-state index contributed by atoms with van der Waals surface area (Å²) < 4.78 is 1.75. The van der Waals surface area contributed by atoms with E-state index in [0.717, 1.165) is 28.8 Å². The van der Waals surface area contributed by atoms with Gasteiger partial charge < -0.3 is 15.7 Å². The summed E-state index contributed by atoms with van der Waals surface area (Å²) in [6.07, 6.45) is 1.29. The Bertz CT molecular complexity index is 918. The number of nitrogens with two attached hydrogens (primary N) is 1. The lowest BCUT2D eigenvalue weighted by Gasteiger charge is -2.26. The molecule has 1 aliphatic heterocycles. The summed E-state index contributed by atoms with van der Waals surface area (Å²) >= 11 is 0. The van der Waals surface area contributed by atoms with Crippen molar-refractivity contribution < 1.29 is 9.90 Å². The first-order chi connectivity index (χ1) is 11.1. The van der Waals surface area contributed by atoms with Crippen molar-refractivity contribution >= 4 is 17.4 Å². The average molecular weight is 309 g/mol. The maximum absolute atomic E-state index is 11.2.